The second-order valence-corrected chi connectivity index (χ2v) is 6.05. The first kappa shape index (κ1) is 16.1. The molecule has 0 fully saturated rings. The Kier molecular flexibility index (Phi) is 4.01. The van der Waals surface area contributed by atoms with E-state index in [1.807, 2.05) is 36.4 Å². The third kappa shape index (κ3) is 3.21. The Morgan fingerprint density at radius 1 is 1.04 bits per heavy atom. The molecule has 0 atom stereocenters. The minimum atomic E-state index is -0.341. The third-order valence-corrected chi connectivity index (χ3v) is 4.00. The molecule has 0 saturated heterocycles. The van der Waals surface area contributed by atoms with Crippen LogP contribution in [0.2, 0.25) is 0 Å². The molecular formula is C20H17N3O3. The van der Waals surface area contributed by atoms with Gasteiger partial charge in [-0.15, -0.1) is 0 Å². The predicted octanol–water partition coefficient (Wildman–Crippen LogP) is 4.28. The van der Waals surface area contributed by atoms with Gasteiger partial charge in [0, 0.05) is 25.1 Å². The van der Waals surface area contributed by atoms with E-state index in [4.69, 9.17) is 8.83 Å². The molecule has 4 rings (SSSR count). The van der Waals surface area contributed by atoms with Crippen molar-refractivity contribution < 1.29 is 13.6 Å². The molecule has 2 heterocycles. The lowest BCUT2D eigenvalue weighted by Gasteiger charge is -2.02. The Morgan fingerprint density at radius 3 is 2.58 bits per heavy atom. The van der Waals surface area contributed by atoms with Gasteiger partial charge >= 0.3 is 0 Å². The number of rotatable bonds is 4. The van der Waals surface area contributed by atoms with E-state index in [0.29, 0.717) is 35.2 Å². The lowest BCUT2D eigenvalue weighted by Crippen LogP contribution is -2.12. The molecule has 6 nitrogen and oxygen atoms in total. The van der Waals surface area contributed by atoms with Crippen LogP contribution in [-0.4, -0.2) is 15.9 Å². The molecule has 0 aliphatic heterocycles. The monoisotopic (exact) mass is 347 g/mol. The lowest BCUT2D eigenvalue weighted by molar-refractivity contribution is 0.0994. The maximum absolute atomic E-state index is 12.3. The smallest absolute Gasteiger partial charge is 0.293 e. The number of carbonyl (C=O) groups is 1. The van der Waals surface area contributed by atoms with Gasteiger partial charge in [-0.1, -0.05) is 30.3 Å². The molecule has 0 spiro atoms. The Bertz CT molecular complexity index is 1080. The van der Waals surface area contributed by atoms with Gasteiger partial charge < -0.3 is 14.2 Å². The van der Waals surface area contributed by atoms with Crippen LogP contribution in [0, 0.1) is 13.8 Å². The van der Waals surface area contributed by atoms with Crippen molar-refractivity contribution in [2.75, 3.05) is 5.32 Å². The van der Waals surface area contributed by atoms with Gasteiger partial charge in [0.25, 0.3) is 5.91 Å². The highest BCUT2D eigenvalue weighted by atomic mass is 16.4. The zero-order chi connectivity index (χ0) is 18.1. The lowest BCUT2D eigenvalue weighted by atomic mass is 10.1. The van der Waals surface area contributed by atoms with Crippen LogP contribution in [0.4, 0.5) is 5.69 Å². The van der Waals surface area contributed by atoms with E-state index in [2.05, 4.69) is 15.3 Å². The van der Waals surface area contributed by atoms with Crippen molar-refractivity contribution >= 4 is 22.7 Å². The molecule has 0 radical (unpaired) electrons. The summed E-state index contributed by atoms with van der Waals surface area (Å²) in [6, 6.07) is 15.4. The second-order valence-electron chi connectivity index (χ2n) is 6.05. The molecule has 0 saturated carbocycles. The molecule has 2 aromatic heterocycles. The molecule has 0 unspecified atom stereocenters. The average molecular weight is 347 g/mol. The average Bonchev–Trinajstić information content (AvgIpc) is 3.17. The molecule has 1 N–H and O–H groups in total. The minimum absolute atomic E-state index is 0.213. The Hall–Kier alpha value is -3.41. The van der Waals surface area contributed by atoms with Crippen molar-refractivity contribution in [2.24, 2.45) is 0 Å². The number of fused-ring (bicyclic) bond motifs is 1. The highest BCUT2D eigenvalue weighted by Gasteiger charge is 2.16. The number of benzene rings is 2. The van der Waals surface area contributed by atoms with Crippen LogP contribution in [0.15, 0.2) is 57.4 Å². The predicted molar refractivity (Wildman–Crippen MR) is 97.2 cm³/mol. The summed E-state index contributed by atoms with van der Waals surface area (Å²) < 4.78 is 11.2. The van der Waals surface area contributed by atoms with E-state index in [9.17, 15) is 4.79 Å². The Balaban J connectivity index is 1.55. The summed E-state index contributed by atoms with van der Waals surface area (Å²) in [5, 5.41) is 2.80. The number of anilines is 1. The van der Waals surface area contributed by atoms with Gasteiger partial charge in [0.05, 0.1) is 5.69 Å². The highest BCUT2D eigenvalue weighted by Crippen LogP contribution is 2.22. The number of oxazole rings is 2. The maximum atomic E-state index is 12.3. The number of nitrogens with zero attached hydrogens (tertiary/aromatic N) is 2. The third-order valence-electron chi connectivity index (χ3n) is 4.00. The van der Waals surface area contributed by atoms with Gasteiger partial charge in [-0.2, -0.15) is 0 Å². The van der Waals surface area contributed by atoms with Crippen molar-refractivity contribution in [3.05, 3.63) is 77.3 Å². The van der Waals surface area contributed by atoms with E-state index in [0.717, 1.165) is 11.1 Å². The summed E-state index contributed by atoms with van der Waals surface area (Å²) in [7, 11) is 0. The molecular weight excluding hydrogens is 330 g/mol. The summed E-state index contributed by atoms with van der Waals surface area (Å²) >= 11 is 0. The number of hydrogen-bond acceptors (Lipinski definition) is 5. The molecule has 2 aromatic carbocycles. The molecule has 6 heteroatoms. The quantitative estimate of drug-likeness (QED) is 0.596. The number of aromatic nitrogens is 2. The van der Waals surface area contributed by atoms with Gasteiger partial charge in [0.1, 0.15) is 5.52 Å². The number of nitrogens with one attached hydrogen (secondary N) is 1. The first-order valence-corrected chi connectivity index (χ1v) is 8.27. The highest BCUT2D eigenvalue weighted by molar-refractivity contribution is 6.03. The topological polar surface area (TPSA) is 81.2 Å². The standard InChI is InChI=1S/C20H17N3O3/c1-12-19(25-13(2)21-12)20(24)22-15-8-9-16-17(11-15)26-18(23-16)10-14-6-4-3-5-7-14/h3-9,11H,10H2,1-2H3,(H,22,24). The van der Waals surface area contributed by atoms with Crippen molar-refractivity contribution in [2.45, 2.75) is 20.3 Å². The van der Waals surface area contributed by atoms with Gasteiger partial charge in [0.2, 0.25) is 5.76 Å². The fourth-order valence-corrected chi connectivity index (χ4v) is 2.83. The second kappa shape index (κ2) is 6.48. The van der Waals surface area contributed by atoms with E-state index in [-0.39, 0.29) is 11.7 Å². The zero-order valence-corrected chi connectivity index (χ0v) is 14.4. The van der Waals surface area contributed by atoms with Gasteiger partial charge in [-0.3, -0.25) is 4.79 Å². The van der Waals surface area contributed by atoms with Crippen LogP contribution >= 0.6 is 0 Å². The molecule has 0 aliphatic carbocycles. The van der Waals surface area contributed by atoms with Gasteiger partial charge in [0.15, 0.2) is 17.4 Å². The number of amides is 1. The molecule has 26 heavy (non-hydrogen) atoms. The zero-order valence-electron chi connectivity index (χ0n) is 14.4. The molecule has 0 bridgehead atoms. The van der Waals surface area contributed by atoms with Crippen LogP contribution in [-0.2, 0) is 6.42 Å². The summed E-state index contributed by atoms with van der Waals surface area (Å²) in [6.07, 6.45) is 0.619. The van der Waals surface area contributed by atoms with Gasteiger partial charge in [-0.05, 0) is 24.6 Å². The van der Waals surface area contributed by atoms with E-state index >= 15 is 0 Å². The Morgan fingerprint density at radius 2 is 1.85 bits per heavy atom. The van der Waals surface area contributed by atoms with E-state index < -0.39 is 0 Å². The molecule has 0 aliphatic rings. The number of aryl methyl sites for hydroxylation is 2. The normalized spacial score (nSPS) is 11.0. The summed E-state index contributed by atoms with van der Waals surface area (Å²) in [5.41, 5.74) is 3.67. The van der Waals surface area contributed by atoms with Crippen LogP contribution in [0.1, 0.15) is 33.6 Å². The van der Waals surface area contributed by atoms with Crippen molar-refractivity contribution in [1.29, 1.82) is 0 Å². The first-order chi connectivity index (χ1) is 12.6. The van der Waals surface area contributed by atoms with Gasteiger partial charge in [-0.25, -0.2) is 9.97 Å². The maximum Gasteiger partial charge on any atom is 0.293 e. The summed E-state index contributed by atoms with van der Waals surface area (Å²) in [4.78, 5) is 20.9. The SMILES string of the molecule is Cc1nc(C)c(C(=O)Nc2ccc3nc(Cc4ccccc4)oc3c2)o1. The fourth-order valence-electron chi connectivity index (χ4n) is 2.83. The van der Waals surface area contributed by atoms with Crippen LogP contribution in [0.5, 0.6) is 0 Å². The first-order valence-electron chi connectivity index (χ1n) is 8.27. The molecule has 1 amide bonds. The van der Waals surface area contributed by atoms with Crippen LogP contribution in [0.25, 0.3) is 11.1 Å². The number of hydrogen-bond donors (Lipinski definition) is 1. The number of carbonyl (C=O) groups excluding carboxylic acids is 1. The van der Waals surface area contributed by atoms with Crippen molar-refractivity contribution in [1.82, 2.24) is 9.97 Å². The van der Waals surface area contributed by atoms with Crippen molar-refractivity contribution in [3.63, 3.8) is 0 Å². The fraction of sp³-hybridized carbons (Fsp3) is 0.150. The summed E-state index contributed by atoms with van der Waals surface area (Å²) in [5.74, 6) is 0.969. The van der Waals surface area contributed by atoms with E-state index in [1.54, 1.807) is 26.0 Å². The van der Waals surface area contributed by atoms with Crippen LogP contribution < -0.4 is 5.32 Å². The van der Waals surface area contributed by atoms with E-state index in [1.165, 1.54) is 0 Å². The minimum Gasteiger partial charge on any atom is -0.440 e. The Labute approximate surface area is 149 Å². The van der Waals surface area contributed by atoms with Crippen LogP contribution in [0.3, 0.4) is 0 Å². The largest absolute Gasteiger partial charge is 0.440 e. The molecule has 130 valence electrons. The molecule has 4 aromatic rings. The van der Waals surface area contributed by atoms with Crippen molar-refractivity contribution in [3.8, 4) is 0 Å². The summed E-state index contributed by atoms with van der Waals surface area (Å²) in [6.45, 7) is 3.44.